The minimum Gasteiger partial charge on any atom is -0.457 e. The molecule has 1 aromatic heterocycles. The number of anilines is 1. The van der Waals surface area contributed by atoms with Crippen LogP contribution in [0.15, 0.2) is 47.4 Å². The average molecular weight is 376 g/mol. The number of aromatic nitrogens is 2. The summed E-state index contributed by atoms with van der Waals surface area (Å²) in [7, 11) is 0. The summed E-state index contributed by atoms with van der Waals surface area (Å²) in [6.45, 7) is 0.234. The van der Waals surface area contributed by atoms with Crippen molar-refractivity contribution in [2.45, 2.75) is 26.2 Å². The van der Waals surface area contributed by atoms with Gasteiger partial charge in [0.25, 0.3) is 0 Å². The Labute approximate surface area is 157 Å². The highest BCUT2D eigenvalue weighted by Gasteiger charge is 2.20. The van der Waals surface area contributed by atoms with Gasteiger partial charge >= 0.3 is 11.7 Å². The van der Waals surface area contributed by atoms with Gasteiger partial charge in [-0.05, 0) is 25.1 Å². The Morgan fingerprint density at radius 1 is 1.33 bits per heavy atom. The standard InChI is InChI=1S/C18H21N3O6/c1-12(10-22)27-16(11-26-17(24)14-6-4-3-5-7-14)21-9-8-15(19-13(2)23)20-18(21)25/h3-9,12,16,22H,10-11H2,1-2H3,(H,19,20,23,25)/t12-,16-/m1/s1/i1D. The van der Waals surface area contributed by atoms with Crippen LogP contribution in [-0.4, -0.2) is 45.9 Å². The Morgan fingerprint density at radius 3 is 2.67 bits per heavy atom. The molecule has 1 aromatic carbocycles. The number of aliphatic hydroxyl groups is 1. The molecule has 0 saturated heterocycles. The second-order valence-electron chi connectivity index (χ2n) is 5.54. The highest BCUT2D eigenvalue weighted by atomic mass is 16.6. The highest BCUT2D eigenvalue weighted by Crippen LogP contribution is 2.13. The molecule has 2 rings (SSSR count). The quantitative estimate of drug-likeness (QED) is 0.658. The van der Waals surface area contributed by atoms with Crippen molar-refractivity contribution in [1.29, 1.82) is 0 Å². The molecule has 0 unspecified atom stereocenters. The molecule has 9 nitrogen and oxygen atoms in total. The zero-order chi connectivity index (χ0) is 20.5. The molecule has 1 heterocycles. The number of carbonyl (C=O) groups excluding carboxylic acids is 2. The number of carbonyl (C=O) groups is 2. The second kappa shape index (κ2) is 9.60. The highest BCUT2D eigenvalue weighted by molar-refractivity contribution is 5.89. The predicted octanol–water partition coefficient (Wildman–Crippen LogP) is 0.955. The number of aliphatic hydroxyl groups excluding tert-OH is 1. The SMILES string of the molecule is [2H]C[C@H](CO)O[C@H](COC(=O)c1ccccc1)n1ccc(NC(C)=O)nc1=O. The van der Waals surface area contributed by atoms with Crippen molar-refractivity contribution in [2.75, 3.05) is 18.5 Å². The molecule has 144 valence electrons. The number of hydrogen-bond donors (Lipinski definition) is 2. The van der Waals surface area contributed by atoms with Crippen molar-refractivity contribution in [3.63, 3.8) is 0 Å². The molecule has 2 atom stereocenters. The van der Waals surface area contributed by atoms with Gasteiger partial charge in [-0.15, -0.1) is 0 Å². The fourth-order valence-corrected chi connectivity index (χ4v) is 2.14. The fraction of sp³-hybridized carbons (Fsp3) is 0.333. The summed E-state index contributed by atoms with van der Waals surface area (Å²) in [6, 6.07) is 9.66. The van der Waals surface area contributed by atoms with Gasteiger partial charge in [0.2, 0.25) is 5.91 Å². The molecule has 9 heteroatoms. The van der Waals surface area contributed by atoms with Gasteiger partial charge in [-0.25, -0.2) is 9.59 Å². The third-order valence-corrected chi connectivity index (χ3v) is 3.36. The van der Waals surface area contributed by atoms with Crippen LogP contribution >= 0.6 is 0 Å². The van der Waals surface area contributed by atoms with Crippen LogP contribution in [0.1, 0.15) is 31.8 Å². The Hall–Kier alpha value is -3.04. The van der Waals surface area contributed by atoms with E-state index in [0.717, 1.165) is 4.57 Å². The second-order valence-corrected chi connectivity index (χ2v) is 5.54. The van der Waals surface area contributed by atoms with Crippen LogP contribution in [0.3, 0.4) is 0 Å². The van der Waals surface area contributed by atoms with Gasteiger partial charge in [0.1, 0.15) is 12.4 Å². The van der Waals surface area contributed by atoms with E-state index in [4.69, 9.17) is 10.8 Å². The average Bonchev–Trinajstić information content (AvgIpc) is 2.69. The summed E-state index contributed by atoms with van der Waals surface area (Å²) in [6.07, 6.45) is -0.677. The minimum absolute atomic E-state index is 0.0629. The largest absolute Gasteiger partial charge is 0.457 e. The van der Waals surface area contributed by atoms with Crippen LogP contribution in [-0.2, 0) is 14.3 Å². The number of hydrogen-bond acceptors (Lipinski definition) is 7. The minimum atomic E-state index is -1.11. The van der Waals surface area contributed by atoms with Gasteiger partial charge < -0.3 is 19.9 Å². The lowest BCUT2D eigenvalue weighted by molar-refractivity contribution is -0.114. The first-order valence-corrected chi connectivity index (χ1v) is 8.09. The Morgan fingerprint density at radius 2 is 2.07 bits per heavy atom. The Balaban J connectivity index is 2.20. The number of amides is 1. The van der Waals surface area contributed by atoms with Gasteiger partial charge in [-0.3, -0.25) is 9.36 Å². The van der Waals surface area contributed by atoms with E-state index in [1.54, 1.807) is 30.3 Å². The number of benzene rings is 1. The van der Waals surface area contributed by atoms with Gasteiger partial charge in [0, 0.05) is 14.5 Å². The lowest BCUT2D eigenvalue weighted by atomic mass is 10.2. The third-order valence-electron chi connectivity index (χ3n) is 3.36. The van der Waals surface area contributed by atoms with E-state index < -0.39 is 30.6 Å². The summed E-state index contributed by atoms with van der Waals surface area (Å²) in [5.74, 6) is -0.937. The molecular formula is C18H21N3O6. The molecule has 27 heavy (non-hydrogen) atoms. The first kappa shape index (κ1) is 18.7. The van der Waals surface area contributed by atoms with Crippen molar-refractivity contribution in [3.8, 4) is 0 Å². The van der Waals surface area contributed by atoms with Gasteiger partial charge in [-0.1, -0.05) is 18.2 Å². The molecule has 0 aliphatic heterocycles. The van der Waals surface area contributed by atoms with E-state index in [9.17, 15) is 19.5 Å². The van der Waals surface area contributed by atoms with Crippen molar-refractivity contribution in [1.82, 2.24) is 9.55 Å². The summed E-state index contributed by atoms with van der Waals surface area (Å²) in [4.78, 5) is 39.3. The maximum atomic E-state index is 12.3. The first-order chi connectivity index (χ1) is 13.4. The number of nitrogens with zero attached hydrogens (tertiary/aromatic N) is 2. The summed E-state index contributed by atoms with van der Waals surface area (Å²) >= 11 is 0. The Kier molecular flexibility index (Phi) is 6.66. The Bertz CT molecular complexity index is 854. The zero-order valence-electron chi connectivity index (χ0n) is 15.7. The number of ether oxygens (including phenoxy) is 2. The smallest absolute Gasteiger partial charge is 0.351 e. The van der Waals surface area contributed by atoms with Crippen LogP contribution in [0.2, 0.25) is 0 Å². The van der Waals surface area contributed by atoms with Gasteiger partial charge in [-0.2, -0.15) is 4.98 Å². The number of nitrogens with one attached hydrogen (secondary N) is 1. The zero-order valence-corrected chi connectivity index (χ0v) is 14.7. The van der Waals surface area contributed by atoms with Crippen LogP contribution in [0, 0.1) is 0 Å². The summed E-state index contributed by atoms with van der Waals surface area (Å²) < 4.78 is 19.2. The summed E-state index contributed by atoms with van der Waals surface area (Å²) in [5, 5.41) is 11.7. The number of esters is 1. The number of rotatable bonds is 8. The van der Waals surface area contributed by atoms with E-state index in [0.29, 0.717) is 5.56 Å². The van der Waals surface area contributed by atoms with E-state index in [2.05, 4.69) is 10.3 Å². The molecule has 2 aromatic rings. The molecule has 0 bridgehead atoms. The normalized spacial score (nSPS) is 13.3. The lowest BCUT2D eigenvalue weighted by Gasteiger charge is -2.23. The maximum Gasteiger partial charge on any atom is 0.351 e. The van der Waals surface area contributed by atoms with Crippen molar-refractivity contribution in [2.24, 2.45) is 0 Å². The molecule has 0 radical (unpaired) electrons. The van der Waals surface area contributed by atoms with Gasteiger partial charge in [0.15, 0.2) is 6.23 Å². The maximum absolute atomic E-state index is 12.3. The summed E-state index contributed by atoms with van der Waals surface area (Å²) in [5.41, 5.74) is -0.430. The topological polar surface area (TPSA) is 120 Å². The molecule has 0 aliphatic carbocycles. The first-order valence-electron chi connectivity index (χ1n) is 8.79. The molecular weight excluding hydrogens is 354 g/mol. The monoisotopic (exact) mass is 376 g/mol. The fourth-order valence-electron chi connectivity index (χ4n) is 2.14. The van der Waals surface area contributed by atoms with Gasteiger partial charge in [0.05, 0.1) is 18.3 Å². The lowest BCUT2D eigenvalue weighted by Crippen LogP contribution is -2.34. The molecule has 1 amide bonds. The molecule has 0 fully saturated rings. The molecule has 2 N–H and O–H groups in total. The molecule has 0 spiro atoms. The van der Waals surface area contributed by atoms with E-state index in [-0.39, 0.29) is 25.2 Å². The van der Waals surface area contributed by atoms with E-state index >= 15 is 0 Å². The van der Waals surface area contributed by atoms with Crippen molar-refractivity contribution in [3.05, 3.63) is 58.6 Å². The molecule has 0 saturated carbocycles. The van der Waals surface area contributed by atoms with Crippen LogP contribution in [0.4, 0.5) is 5.82 Å². The van der Waals surface area contributed by atoms with Crippen LogP contribution in [0.25, 0.3) is 0 Å². The predicted molar refractivity (Wildman–Crippen MR) is 96.2 cm³/mol. The van der Waals surface area contributed by atoms with Crippen molar-refractivity contribution >= 4 is 17.7 Å². The van der Waals surface area contributed by atoms with E-state index in [1.807, 2.05) is 0 Å². The van der Waals surface area contributed by atoms with E-state index in [1.165, 1.54) is 19.2 Å². The molecule has 0 aliphatic rings. The van der Waals surface area contributed by atoms with Crippen LogP contribution < -0.4 is 11.0 Å². The van der Waals surface area contributed by atoms with Crippen molar-refractivity contribution < 1.29 is 25.5 Å². The van der Waals surface area contributed by atoms with Crippen LogP contribution in [0.5, 0.6) is 0 Å². The third kappa shape index (κ3) is 6.01.